The van der Waals surface area contributed by atoms with Crippen LogP contribution in [0.25, 0.3) is 11.3 Å². The van der Waals surface area contributed by atoms with Gasteiger partial charge in [-0.3, -0.25) is 9.69 Å². The first-order valence-corrected chi connectivity index (χ1v) is 8.44. The lowest BCUT2D eigenvalue weighted by Crippen LogP contribution is -2.31. The van der Waals surface area contributed by atoms with E-state index >= 15 is 0 Å². The van der Waals surface area contributed by atoms with E-state index in [9.17, 15) is 4.79 Å². The minimum atomic E-state index is -0.174. The summed E-state index contributed by atoms with van der Waals surface area (Å²) in [4.78, 5) is 23.4. The van der Waals surface area contributed by atoms with Crippen LogP contribution in [0.3, 0.4) is 0 Å². The fourth-order valence-electron chi connectivity index (χ4n) is 2.31. The predicted molar refractivity (Wildman–Crippen MR) is 98.4 cm³/mol. The van der Waals surface area contributed by atoms with Crippen molar-refractivity contribution in [3.05, 3.63) is 78.0 Å². The first-order valence-electron chi connectivity index (χ1n) is 7.56. The largest absolute Gasteiger partial charge is 0.279 e. The van der Waals surface area contributed by atoms with Gasteiger partial charge in [-0.2, -0.15) is 0 Å². The molecule has 1 aromatic carbocycles. The second-order valence-corrected chi connectivity index (χ2v) is 6.09. The van der Waals surface area contributed by atoms with Gasteiger partial charge in [-0.1, -0.05) is 42.5 Å². The number of carbonyl (C=O) groups excluding carboxylic acids is 1. The van der Waals surface area contributed by atoms with Crippen molar-refractivity contribution in [1.29, 1.82) is 0 Å². The van der Waals surface area contributed by atoms with E-state index < -0.39 is 0 Å². The van der Waals surface area contributed by atoms with Crippen LogP contribution in [0.5, 0.6) is 0 Å². The average Bonchev–Trinajstić information content (AvgIpc) is 3.09. The van der Waals surface area contributed by atoms with E-state index in [1.807, 2.05) is 54.8 Å². The lowest BCUT2D eigenvalue weighted by Gasteiger charge is -2.17. The number of aromatic nitrogens is 2. The molecular weight excluding hydrogens is 318 g/mol. The first-order chi connectivity index (χ1) is 11.7. The summed E-state index contributed by atoms with van der Waals surface area (Å²) >= 11 is 1.44. The number of carbonyl (C=O) groups is 1. The standard InChI is InChI=1S/C19H17N3OS/c1-3-12-22(18(23)16-11-7-8-14(2)20-16)19-21-17(13-24-19)15-9-5-4-6-10-15/h3-11,13H,1,12H2,2H3. The fourth-order valence-corrected chi connectivity index (χ4v) is 3.15. The monoisotopic (exact) mass is 335 g/mol. The van der Waals surface area contributed by atoms with Gasteiger partial charge in [0.1, 0.15) is 5.69 Å². The smallest absolute Gasteiger partial charge is 0.278 e. The molecule has 0 radical (unpaired) electrons. The van der Waals surface area contributed by atoms with Gasteiger partial charge in [-0.25, -0.2) is 9.97 Å². The molecule has 2 aromatic heterocycles. The highest BCUT2D eigenvalue weighted by atomic mass is 32.1. The molecule has 3 aromatic rings. The van der Waals surface area contributed by atoms with E-state index in [4.69, 9.17) is 0 Å². The van der Waals surface area contributed by atoms with Crippen LogP contribution in [0.1, 0.15) is 16.2 Å². The number of rotatable bonds is 5. The second kappa shape index (κ2) is 7.19. The van der Waals surface area contributed by atoms with Crippen molar-refractivity contribution in [1.82, 2.24) is 9.97 Å². The maximum absolute atomic E-state index is 12.8. The molecular formula is C19H17N3OS. The molecule has 0 aliphatic rings. The van der Waals surface area contributed by atoms with Gasteiger partial charge >= 0.3 is 0 Å². The van der Waals surface area contributed by atoms with Gasteiger partial charge in [0, 0.05) is 23.2 Å². The van der Waals surface area contributed by atoms with Crippen LogP contribution < -0.4 is 4.90 Å². The summed E-state index contributed by atoms with van der Waals surface area (Å²) in [5.74, 6) is -0.174. The molecule has 1 amide bonds. The van der Waals surface area contributed by atoms with Gasteiger partial charge in [-0.05, 0) is 19.1 Å². The summed E-state index contributed by atoms with van der Waals surface area (Å²) in [5.41, 5.74) is 3.10. The molecule has 24 heavy (non-hydrogen) atoms. The Labute approximate surface area is 145 Å². The molecule has 0 saturated heterocycles. The number of benzene rings is 1. The topological polar surface area (TPSA) is 46.1 Å². The average molecular weight is 335 g/mol. The number of nitrogens with zero attached hydrogens (tertiary/aromatic N) is 3. The van der Waals surface area contributed by atoms with Gasteiger partial charge in [0.15, 0.2) is 5.13 Å². The number of anilines is 1. The van der Waals surface area contributed by atoms with E-state index in [1.165, 1.54) is 11.3 Å². The Morgan fingerprint density at radius 1 is 1.17 bits per heavy atom. The quantitative estimate of drug-likeness (QED) is 0.651. The zero-order valence-corrected chi connectivity index (χ0v) is 14.2. The van der Waals surface area contributed by atoms with E-state index in [2.05, 4.69) is 16.5 Å². The number of hydrogen-bond acceptors (Lipinski definition) is 4. The second-order valence-electron chi connectivity index (χ2n) is 5.25. The Morgan fingerprint density at radius 2 is 1.96 bits per heavy atom. The third-order valence-electron chi connectivity index (χ3n) is 3.46. The predicted octanol–water partition coefficient (Wildman–Crippen LogP) is 4.35. The lowest BCUT2D eigenvalue weighted by molar-refractivity contribution is 0.0984. The van der Waals surface area contributed by atoms with Crippen LogP contribution in [0.15, 0.2) is 66.6 Å². The van der Waals surface area contributed by atoms with Crippen molar-refractivity contribution in [2.45, 2.75) is 6.92 Å². The molecule has 0 N–H and O–H groups in total. The molecule has 120 valence electrons. The van der Waals surface area contributed by atoms with Crippen molar-refractivity contribution >= 4 is 22.4 Å². The summed E-state index contributed by atoms with van der Waals surface area (Å²) in [6, 6.07) is 15.3. The zero-order chi connectivity index (χ0) is 16.9. The van der Waals surface area contributed by atoms with Crippen LogP contribution in [-0.2, 0) is 0 Å². The van der Waals surface area contributed by atoms with Crippen molar-refractivity contribution in [3.63, 3.8) is 0 Å². The molecule has 0 spiro atoms. The van der Waals surface area contributed by atoms with E-state index in [-0.39, 0.29) is 5.91 Å². The molecule has 0 aliphatic carbocycles. The molecule has 0 aliphatic heterocycles. The summed E-state index contributed by atoms with van der Waals surface area (Å²) in [5, 5.41) is 2.60. The van der Waals surface area contributed by atoms with Crippen molar-refractivity contribution in [3.8, 4) is 11.3 Å². The first kappa shape index (κ1) is 16.1. The highest BCUT2D eigenvalue weighted by molar-refractivity contribution is 7.14. The third kappa shape index (κ3) is 3.41. The van der Waals surface area contributed by atoms with Gasteiger partial charge in [0.25, 0.3) is 5.91 Å². The molecule has 3 rings (SSSR count). The Kier molecular flexibility index (Phi) is 4.82. The van der Waals surface area contributed by atoms with Crippen LogP contribution in [0.2, 0.25) is 0 Å². The highest BCUT2D eigenvalue weighted by Gasteiger charge is 2.21. The van der Waals surface area contributed by atoms with Crippen molar-refractivity contribution < 1.29 is 4.79 Å². The molecule has 0 atom stereocenters. The number of aryl methyl sites for hydroxylation is 1. The number of amides is 1. The molecule has 2 heterocycles. The Balaban J connectivity index is 1.93. The Morgan fingerprint density at radius 3 is 2.67 bits per heavy atom. The van der Waals surface area contributed by atoms with E-state index in [0.717, 1.165) is 17.0 Å². The maximum atomic E-state index is 12.8. The van der Waals surface area contributed by atoms with Gasteiger partial charge in [0.05, 0.1) is 5.69 Å². The number of hydrogen-bond donors (Lipinski definition) is 0. The third-order valence-corrected chi connectivity index (χ3v) is 4.32. The van der Waals surface area contributed by atoms with Crippen LogP contribution in [-0.4, -0.2) is 22.4 Å². The number of thiazole rings is 1. The van der Waals surface area contributed by atoms with E-state index in [0.29, 0.717) is 17.4 Å². The summed E-state index contributed by atoms with van der Waals surface area (Å²) in [6.07, 6.45) is 1.69. The molecule has 4 nitrogen and oxygen atoms in total. The minimum Gasteiger partial charge on any atom is -0.279 e. The molecule has 0 fully saturated rings. The van der Waals surface area contributed by atoms with Gasteiger partial charge in [0.2, 0.25) is 0 Å². The molecule has 0 bridgehead atoms. The highest BCUT2D eigenvalue weighted by Crippen LogP contribution is 2.28. The lowest BCUT2D eigenvalue weighted by atomic mass is 10.2. The summed E-state index contributed by atoms with van der Waals surface area (Å²) in [7, 11) is 0. The Bertz CT molecular complexity index is 858. The SMILES string of the molecule is C=CCN(C(=O)c1cccc(C)n1)c1nc(-c2ccccc2)cs1. The normalized spacial score (nSPS) is 10.4. The van der Waals surface area contributed by atoms with Gasteiger partial charge < -0.3 is 0 Å². The number of pyridine rings is 1. The minimum absolute atomic E-state index is 0.174. The summed E-state index contributed by atoms with van der Waals surface area (Å²) < 4.78 is 0. The molecule has 0 unspecified atom stereocenters. The van der Waals surface area contributed by atoms with Crippen molar-refractivity contribution in [2.24, 2.45) is 0 Å². The van der Waals surface area contributed by atoms with E-state index in [1.54, 1.807) is 17.0 Å². The van der Waals surface area contributed by atoms with Crippen LogP contribution in [0.4, 0.5) is 5.13 Å². The fraction of sp³-hybridized carbons (Fsp3) is 0.105. The molecule has 5 heteroatoms. The summed E-state index contributed by atoms with van der Waals surface area (Å²) in [6.45, 7) is 6.00. The maximum Gasteiger partial charge on any atom is 0.278 e. The zero-order valence-electron chi connectivity index (χ0n) is 13.3. The van der Waals surface area contributed by atoms with Crippen LogP contribution >= 0.6 is 11.3 Å². The van der Waals surface area contributed by atoms with Crippen LogP contribution in [0, 0.1) is 6.92 Å². The Hall–Kier alpha value is -2.79. The van der Waals surface area contributed by atoms with Gasteiger partial charge in [-0.15, -0.1) is 17.9 Å². The molecule has 0 saturated carbocycles. The van der Waals surface area contributed by atoms with Crippen molar-refractivity contribution in [2.75, 3.05) is 11.4 Å².